The average Bonchev–Trinajstić information content (AvgIpc) is 3.17. The molecule has 2 nitrogen and oxygen atoms in total. The Morgan fingerprint density at radius 3 is 2.37 bits per heavy atom. The number of carbonyl (C=O) groups is 1. The van der Waals surface area contributed by atoms with Gasteiger partial charge in [-0.2, -0.15) is 0 Å². The van der Waals surface area contributed by atoms with E-state index in [0.717, 1.165) is 42.6 Å². The molecule has 4 unspecified atom stereocenters. The van der Waals surface area contributed by atoms with Gasteiger partial charge in [0.05, 0.1) is 6.10 Å². The number of fused-ring (bicyclic) bond motifs is 3. The molecule has 0 amide bonds. The molecule has 0 heterocycles. The Kier molecular flexibility index (Phi) is 6.70. The number of carbonyl (C=O) groups excluding carboxylic acids is 1. The normalized spacial score (nSPS) is 45.9. The number of Topliss-reactive ketones (excluding diaryl/α,β-unsaturated/α-hetero) is 1. The fraction of sp³-hybridized carbons (Fsp3) is 0.893. The van der Waals surface area contributed by atoms with Crippen LogP contribution in [0.2, 0.25) is 0 Å². The van der Waals surface area contributed by atoms with Crippen molar-refractivity contribution in [1.82, 2.24) is 0 Å². The van der Waals surface area contributed by atoms with Crippen molar-refractivity contribution < 1.29 is 9.53 Å². The highest BCUT2D eigenvalue weighted by atomic mass is 16.5. The summed E-state index contributed by atoms with van der Waals surface area (Å²) in [5, 5.41) is 0. The smallest absolute Gasteiger partial charge is 0.136 e. The van der Waals surface area contributed by atoms with Crippen molar-refractivity contribution in [1.29, 1.82) is 0 Å². The van der Waals surface area contributed by atoms with Gasteiger partial charge in [0.25, 0.3) is 0 Å². The van der Waals surface area contributed by atoms with Crippen LogP contribution in [-0.4, -0.2) is 18.5 Å². The molecule has 5 aliphatic carbocycles. The van der Waals surface area contributed by atoms with Crippen molar-refractivity contribution in [3.8, 4) is 0 Å². The molecule has 5 aliphatic rings. The molecule has 5 fully saturated rings. The van der Waals surface area contributed by atoms with Crippen molar-refractivity contribution >= 4 is 5.78 Å². The van der Waals surface area contributed by atoms with Crippen molar-refractivity contribution in [2.24, 2.45) is 41.4 Å². The molecular weight excluding hydrogens is 368 g/mol. The first-order valence-electron chi connectivity index (χ1n) is 13.5. The molecule has 5 rings (SSSR count). The first-order chi connectivity index (χ1) is 14.7. The molecule has 4 atom stereocenters. The van der Waals surface area contributed by atoms with E-state index in [-0.39, 0.29) is 0 Å². The van der Waals surface area contributed by atoms with E-state index in [0.29, 0.717) is 23.7 Å². The van der Waals surface area contributed by atoms with Crippen LogP contribution >= 0.6 is 0 Å². The largest absolute Gasteiger partial charge is 0.378 e. The highest BCUT2D eigenvalue weighted by Gasteiger charge is 2.48. The first kappa shape index (κ1) is 21.2. The highest BCUT2D eigenvalue weighted by Crippen LogP contribution is 2.53. The lowest BCUT2D eigenvalue weighted by Crippen LogP contribution is -2.40. The summed E-state index contributed by atoms with van der Waals surface area (Å²) in [5.41, 5.74) is 1.68. The maximum atomic E-state index is 12.8. The Hall–Kier alpha value is -0.630. The number of ether oxygens (including phenoxy) is 1. The van der Waals surface area contributed by atoms with E-state index in [1.807, 2.05) is 0 Å². The fourth-order valence-electron chi connectivity index (χ4n) is 7.93. The zero-order valence-electron chi connectivity index (χ0n) is 19.3. The summed E-state index contributed by atoms with van der Waals surface area (Å²) >= 11 is 0. The molecule has 2 heteroatoms. The quantitative estimate of drug-likeness (QED) is 0.459. The van der Waals surface area contributed by atoms with Crippen LogP contribution in [0.25, 0.3) is 0 Å². The Balaban J connectivity index is 1.11. The Morgan fingerprint density at radius 2 is 1.57 bits per heavy atom. The maximum absolute atomic E-state index is 12.8. The number of rotatable bonds is 4. The first-order valence-corrected chi connectivity index (χ1v) is 13.5. The second-order valence-electron chi connectivity index (χ2n) is 11.8. The summed E-state index contributed by atoms with van der Waals surface area (Å²) in [6.45, 7) is 3.41. The van der Waals surface area contributed by atoms with Gasteiger partial charge in [-0.1, -0.05) is 44.3 Å². The molecule has 0 aromatic heterocycles. The topological polar surface area (TPSA) is 26.3 Å². The van der Waals surface area contributed by atoms with Gasteiger partial charge in [-0.15, -0.1) is 0 Å². The lowest BCUT2D eigenvalue weighted by molar-refractivity contribution is -0.131. The lowest BCUT2D eigenvalue weighted by Gasteiger charge is -2.42. The molecule has 30 heavy (non-hydrogen) atoms. The summed E-state index contributed by atoms with van der Waals surface area (Å²) in [6.07, 6.45) is 22.5. The predicted octanol–water partition coefficient (Wildman–Crippen LogP) is 7.12. The minimum atomic E-state index is 0.430. The van der Waals surface area contributed by atoms with Crippen LogP contribution in [0.3, 0.4) is 0 Å². The standard InChI is InChI=1S/C28H44O2/c1-19-6-8-21(9-7-19)18-30-23-13-10-20(11-14-23)16-22-12-15-25-24-4-2-3-5-26(24)28(29)17-27(22)25/h16,19-21,23-27H,2-15,17-18H2,1H3/b22-16-. The van der Waals surface area contributed by atoms with Gasteiger partial charge < -0.3 is 4.74 Å². The van der Waals surface area contributed by atoms with E-state index in [2.05, 4.69) is 13.0 Å². The van der Waals surface area contributed by atoms with E-state index in [9.17, 15) is 4.79 Å². The minimum Gasteiger partial charge on any atom is -0.378 e. The van der Waals surface area contributed by atoms with E-state index in [1.165, 1.54) is 89.9 Å². The molecule has 0 aromatic carbocycles. The van der Waals surface area contributed by atoms with E-state index >= 15 is 0 Å². The Bertz CT molecular complexity index is 621. The van der Waals surface area contributed by atoms with Crippen molar-refractivity contribution in [2.45, 2.75) is 109 Å². The molecule has 0 radical (unpaired) electrons. The zero-order valence-corrected chi connectivity index (χ0v) is 19.3. The van der Waals surface area contributed by atoms with Crippen LogP contribution in [0, 0.1) is 41.4 Å². The molecule has 0 aliphatic heterocycles. The monoisotopic (exact) mass is 412 g/mol. The Morgan fingerprint density at radius 1 is 0.833 bits per heavy atom. The molecule has 5 saturated carbocycles. The Labute approximate surface area is 184 Å². The van der Waals surface area contributed by atoms with E-state index < -0.39 is 0 Å². The number of ketones is 1. The summed E-state index contributed by atoms with van der Waals surface area (Å²) in [6, 6.07) is 0. The summed E-state index contributed by atoms with van der Waals surface area (Å²) in [4.78, 5) is 12.8. The molecule has 0 spiro atoms. The van der Waals surface area contributed by atoms with Gasteiger partial charge in [-0.25, -0.2) is 0 Å². The number of hydrogen-bond acceptors (Lipinski definition) is 2. The third kappa shape index (κ3) is 4.59. The van der Waals surface area contributed by atoms with Gasteiger partial charge in [-0.05, 0) is 99.7 Å². The van der Waals surface area contributed by atoms with Crippen molar-refractivity contribution in [2.75, 3.05) is 6.61 Å². The van der Waals surface area contributed by atoms with Gasteiger partial charge >= 0.3 is 0 Å². The van der Waals surface area contributed by atoms with Gasteiger partial charge in [0.1, 0.15) is 5.78 Å². The molecule has 0 aromatic rings. The summed E-state index contributed by atoms with van der Waals surface area (Å²) < 4.78 is 6.37. The van der Waals surface area contributed by atoms with Crippen molar-refractivity contribution in [3.05, 3.63) is 11.6 Å². The van der Waals surface area contributed by atoms with Gasteiger partial charge in [-0.3, -0.25) is 4.79 Å². The van der Waals surface area contributed by atoms with E-state index in [4.69, 9.17) is 4.74 Å². The van der Waals surface area contributed by atoms with Crippen LogP contribution in [-0.2, 0) is 9.53 Å². The molecule has 0 bridgehead atoms. The summed E-state index contributed by atoms with van der Waals surface area (Å²) in [7, 11) is 0. The van der Waals surface area contributed by atoms with Crippen LogP contribution < -0.4 is 0 Å². The predicted molar refractivity (Wildman–Crippen MR) is 122 cm³/mol. The second kappa shape index (κ2) is 9.47. The highest BCUT2D eigenvalue weighted by molar-refractivity contribution is 5.83. The maximum Gasteiger partial charge on any atom is 0.136 e. The number of hydrogen-bond donors (Lipinski definition) is 0. The summed E-state index contributed by atoms with van der Waals surface area (Å²) in [5.74, 6) is 5.71. The third-order valence-corrected chi connectivity index (χ3v) is 9.84. The van der Waals surface area contributed by atoms with E-state index in [1.54, 1.807) is 5.57 Å². The molecule has 0 saturated heterocycles. The second-order valence-corrected chi connectivity index (χ2v) is 11.8. The lowest BCUT2D eigenvalue weighted by atomic mass is 9.61. The van der Waals surface area contributed by atoms with Gasteiger partial charge in [0, 0.05) is 18.9 Å². The molecule has 168 valence electrons. The molecular formula is C28H44O2. The van der Waals surface area contributed by atoms with Gasteiger partial charge in [0.15, 0.2) is 0 Å². The van der Waals surface area contributed by atoms with Gasteiger partial charge in [0.2, 0.25) is 0 Å². The van der Waals surface area contributed by atoms with Crippen molar-refractivity contribution in [3.63, 3.8) is 0 Å². The average molecular weight is 413 g/mol. The minimum absolute atomic E-state index is 0.430. The van der Waals surface area contributed by atoms with Crippen LogP contribution in [0.1, 0.15) is 103 Å². The number of allylic oxidation sites excluding steroid dienone is 2. The molecule has 0 N–H and O–H groups in total. The SMILES string of the molecule is CC1CCC(COC2CCC(/C=C3/CCC4C3CC(=O)C3CCCCC34)CC2)CC1. The van der Waals surface area contributed by atoms with Crippen LogP contribution in [0.5, 0.6) is 0 Å². The third-order valence-electron chi connectivity index (χ3n) is 9.84. The zero-order chi connectivity index (χ0) is 20.5. The van der Waals surface area contributed by atoms with Crippen LogP contribution in [0.15, 0.2) is 11.6 Å². The fourth-order valence-corrected chi connectivity index (χ4v) is 7.93. The van der Waals surface area contributed by atoms with Crippen LogP contribution in [0.4, 0.5) is 0 Å².